The number of hydrogen-bond donors (Lipinski definition) is 0. The lowest BCUT2D eigenvalue weighted by Crippen LogP contribution is -2.28. The topological polar surface area (TPSA) is 3.24 Å². The van der Waals surface area contributed by atoms with Crippen molar-refractivity contribution >= 4 is 0 Å². The van der Waals surface area contributed by atoms with Crippen LogP contribution in [-0.2, 0) is 0 Å². The summed E-state index contributed by atoms with van der Waals surface area (Å²) >= 11 is 0. The minimum atomic E-state index is 0.626. The maximum atomic E-state index is 2.38. The van der Waals surface area contributed by atoms with Gasteiger partial charge < -0.3 is 4.90 Å². The third-order valence-electron chi connectivity index (χ3n) is 1.83. The predicted molar refractivity (Wildman–Crippen MR) is 46.9 cm³/mol. The molecule has 0 radical (unpaired) electrons. The molecule has 0 aliphatic heterocycles. The van der Waals surface area contributed by atoms with Crippen LogP contribution in [0.1, 0.15) is 34.6 Å². The van der Waals surface area contributed by atoms with Crippen molar-refractivity contribution in [1.29, 1.82) is 0 Å². The van der Waals surface area contributed by atoms with Crippen LogP contribution in [0.15, 0.2) is 11.8 Å². The highest BCUT2D eigenvalue weighted by atomic mass is 15.1. The molecule has 0 amide bonds. The van der Waals surface area contributed by atoms with E-state index >= 15 is 0 Å². The molecule has 0 atom stereocenters. The van der Waals surface area contributed by atoms with Gasteiger partial charge in [0.05, 0.1) is 0 Å². The summed E-state index contributed by atoms with van der Waals surface area (Å²) in [5, 5.41) is 0. The fourth-order valence-electron chi connectivity index (χ4n) is 1.19. The monoisotopic (exact) mass is 141 g/mol. The molecule has 0 unspecified atom stereocenters. The first-order valence-electron chi connectivity index (χ1n) is 4.03. The molecule has 0 spiro atoms. The zero-order valence-electron chi connectivity index (χ0n) is 7.81. The van der Waals surface area contributed by atoms with E-state index in [0.717, 1.165) is 6.54 Å². The van der Waals surface area contributed by atoms with Gasteiger partial charge in [0.15, 0.2) is 0 Å². The van der Waals surface area contributed by atoms with Crippen LogP contribution in [-0.4, -0.2) is 17.5 Å². The van der Waals surface area contributed by atoms with Crippen molar-refractivity contribution in [2.24, 2.45) is 0 Å². The largest absolute Gasteiger partial charge is 0.373 e. The van der Waals surface area contributed by atoms with Crippen molar-refractivity contribution < 1.29 is 0 Å². The third-order valence-corrected chi connectivity index (χ3v) is 1.83. The zero-order chi connectivity index (χ0) is 8.15. The fourth-order valence-corrected chi connectivity index (χ4v) is 1.19. The second-order valence-corrected chi connectivity index (χ2v) is 2.81. The summed E-state index contributed by atoms with van der Waals surface area (Å²) in [7, 11) is 0. The van der Waals surface area contributed by atoms with Gasteiger partial charge in [-0.1, -0.05) is 6.08 Å². The Bertz CT molecular complexity index is 114. The third kappa shape index (κ3) is 2.42. The first kappa shape index (κ1) is 9.54. The first-order valence-corrected chi connectivity index (χ1v) is 4.03. The molecule has 0 aromatic carbocycles. The Hall–Kier alpha value is -0.460. The van der Waals surface area contributed by atoms with Gasteiger partial charge in [0.25, 0.3) is 0 Å². The smallest absolute Gasteiger partial charge is 0.0230 e. The molecule has 0 N–H and O–H groups in total. The molecule has 0 aliphatic rings. The molecule has 0 aliphatic carbocycles. The Morgan fingerprint density at radius 3 is 2.10 bits per heavy atom. The summed E-state index contributed by atoms with van der Waals surface area (Å²) in [6.07, 6.45) is 2.16. The highest BCUT2D eigenvalue weighted by Crippen LogP contribution is 2.06. The van der Waals surface area contributed by atoms with Crippen LogP contribution in [0.5, 0.6) is 0 Å². The number of nitrogens with zero attached hydrogens (tertiary/aromatic N) is 1. The van der Waals surface area contributed by atoms with Gasteiger partial charge in [0.1, 0.15) is 0 Å². The van der Waals surface area contributed by atoms with E-state index < -0.39 is 0 Å². The Balaban J connectivity index is 4.07. The molecule has 0 aromatic heterocycles. The molecule has 0 saturated heterocycles. The van der Waals surface area contributed by atoms with Crippen molar-refractivity contribution in [3.63, 3.8) is 0 Å². The lowest BCUT2D eigenvalue weighted by molar-refractivity contribution is 0.298. The number of allylic oxidation sites excluding steroid dienone is 2. The number of hydrogen-bond acceptors (Lipinski definition) is 1. The van der Waals surface area contributed by atoms with Crippen molar-refractivity contribution in [2.45, 2.75) is 40.7 Å². The van der Waals surface area contributed by atoms with Crippen molar-refractivity contribution in [1.82, 2.24) is 4.90 Å². The van der Waals surface area contributed by atoms with Gasteiger partial charge in [-0.15, -0.1) is 0 Å². The van der Waals surface area contributed by atoms with E-state index in [2.05, 4.69) is 45.6 Å². The van der Waals surface area contributed by atoms with Crippen LogP contribution < -0.4 is 0 Å². The van der Waals surface area contributed by atoms with Crippen LogP contribution in [0.25, 0.3) is 0 Å². The molecule has 0 heterocycles. The first-order chi connectivity index (χ1) is 4.63. The maximum absolute atomic E-state index is 2.38. The standard InChI is InChI=1S/C9H19N/c1-6-9(5)10(7-2)8(3)4/h6,8H,7H2,1-5H3/b9-6-. The van der Waals surface area contributed by atoms with Crippen LogP contribution >= 0.6 is 0 Å². The quantitative estimate of drug-likeness (QED) is 0.584. The molecule has 1 heteroatoms. The summed E-state index contributed by atoms with van der Waals surface area (Å²) < 4.78 is 0. The van der Waals surface area contributed by atoms with E-state index in [9.17, 15) is 0 Å². The van der Waals surface area contributed by atoms with Crippen molar-refractivity contribution in [2.75, 3.05) is 6.54 Å². The predicted octanol–water partition coefficient (Wildman–Crippen LogP) is 2.64. The van der Waals surface area contributed by atoms with E-state index in [0.29, 0.717) is 6.04 Å². The van der Waals surface area contributed by atoms with Gasteiger partial charge in [-0.2, -0.15) is 0 Å². The van der Waals surface area contributed by atoms with Crippen LogP contribution in [0.3, 0.4) is 0 Å². The Labute approximate surface area is 64.7 Å². The highest BCUT2D eigenvalue weighted by Gasteiger charge is 2.04. The van der Waals surface area contributed by atoms with E-state index in [1.807, 2.05) is 0 Å². The normalized spacial score (nSPS) is 12.4. The van der Waals surface area contributed by atoms with Gasteiger partial charge in [0, 0.05) is 18.3 Å². The second-order valence-electron chi connectivity index (χ2n) is 2.81. The molecule has 0 rings (SSSR count). The Morgan fingerprint density at radius 1 is 1.50 bits per heavy atom. The van der Waals surface area contributed by atoms with Crippen molar-refractivity contribution in [3.05, 3.63) is 11.8 Å². The lowest BCUT2D eigenvalue weighted by atomic mass is 10.3. The maximum Gasteiger partial charge on any atom is 0.0230 e. The summed E-state index contributed by atoms with van der Waals surface area (Å²) in [6.45, 7) is 12.0. The van der Waals surface area contributed by atoms with Crippen LogP contribution in [0.4, 0.5) is 0 Å². The Morgan fingerprint density at radius 2 is 2.00 bits per heavy atom. The summed E-state index contributed by atoms with van der Waals surface area (Å²) in [4.78, 5) is 2.38. The van der Waals surface area contributed by atoms with Gasteiger partial charge in [-0.3, -0.25) is 0 Å². The minimum absolute atomic E-state index is 0.626. The van der Waals surface area contributed by atoms with Gasteiger partial charge in [0.2, 0.25) is 0 Å². The van der Waals surface area contributed by atoms with Crippen molar-refractivity contribution in [3.8, 4) is 0 Å². The van der Waals surface area contributed by atoms with Crippen LogP contribution in [0, 0.1) is 0 Å². The van der Waals surface area contributed by atoms with Gasteiger partial charge >= 0.3 is 0 Å². The highest BCUT2D eigenvalue weighted by molar-refractivity contribution is 4.95. The fraction of sp³-hybridized carbons (Fsp3) is 0.778. The Kier molecular flexibility index (Phi) is 4.17. The molecular weight excluding hydrogens is 122 g/mol. The average molecular weight is 141 g/mol. The average Bonchev–Trinajstić information content (AvgIpc) is 1.88. The van der Waals surface area contributed by atoms with E-state index in [-0.39, 0.29) is 0 Å². The zero-order valence-corrected chi connectivity index (χ0v) is 7.81. The minimum Gasteiger partial charge on any atom is -0.373 e. The molecule has 0 fully saturated rings. The molecule has 1 nitrogen and oxygen atoms in total. The molecule has 0 saturated carbocycles. The SMILES string of the molecule is C/C=C(/C)N(CC)C(C)C. The molecule has 0 bridgehead atoms. The van der Waals surface area contributed by atoms with E-state index in [1.165, 1.54) is 5.70 Å². The van der Waals surface area contributed by atoms with Gasteiger partial charge in [-0.05, 0) is 34.6 Å². The molecule has 10 heavy (non-hydrogen) atoms. The summed E-state index contributed by atoms with van der Waals surface area (Å²) in [6, 6.07) is 0.626. The number of rotatable bonds is 3. The van der Waals surface area contributed by atoms with E-state index in [4.69, 9.17) is 0 Å². The van der Waals surface area contributed by atoms with Gasteiger partial charge in [-0.25, -0.2) is 0 Å². The summed E-state index contributed by atoms with van der Waals surface area (Å²) in [5.74, 6) is 0. The summed E-state index contributed by atoms with van der Waals surface area (Å²) in [5.41, 5.74) is 1.37. The van der Waals surface area contributed by atoms with Crippen LogP contribution in [0.2, 0.25) is 0 Å². The molecular formula is C9H19N. The van der Waals surface area contributed by atoms with E-state index in [1.54, 1.807) is 0 Å². The second kappa shape index (κ2) is 4.37. The molecule has 0 aromatic rings. The lowest BCUT2D eigenvalue weighted by Gasteiger charge is -2.27. The molecule has 60 valence electrons.